The van der Waals surface area contributed by atoms with Gasteiger partial charge in [0.05, 0.1) is 0 Å². The van der Waals surface area contributed by atoms with Crippen LogP contribution in [-0.4, -0.2) is 38.0 Å². The number of carbonyl (C=O) groups is 1. The first-order valence-corrected chi connectivity index (χ1v) is 10.4. The fraction of sp³-hybridized carbons (Fsp3) is 0.900. The van der Waals surface area contributed by atoms with Crippen LogP contribution < -0.4 is 16.0 Å². The lowest BCUT2D eigenvalue weighted by molar-refractivity contribution is -0.127. The van der Waals surface area contributed by atoms with Gasteiger partial charge in [0.2, 0.25) is 5.91 Å². The second-order valence-corrected chi connectivity index (χ2v) is 7.90. The van der Waals surface area contributed by atoms with Crippen molar-refractivity contribution in [3.8, 4) is 0 Å². The van der Waals surface area contributed by atoms with Crippen molar-refractivity contribution in [3.05, 3.63) is 0 Å². The number of nitrogens with one attached hydrogen (secondary N) is 3. The van der Waals surface area contributed by atoms with Crippen LogP contribution in [0.5, 0.6) is 0 Å². The molecule has 5 nitrogen and oxygen atoms in total. The largest absolute Gasteiger partial charge is 0.356 e. The Bertz CT molecular complexity index is 414. The van der Waals surface area contributed by atoms with E-state index in [0.717, 1.165) is 44.2 Å². The Labute approximate surface area is 153 Å². The van der Waals surface area contributed by atoms with Crippen molar-refractivity contribution in [2.75, 3.05) is 20.1 Å². The monoisotopic (exact) mass is 350 g/mol. The van der Waals surface area contributed by atoms with Crippen molar-refractivity contribution in [2.24, 2.45) is 16.8 Å². The Balaban J connectivity index is 1.51. The van der Waals surface area contributed by atoms with Gasteiger partial charge in [-0.15, -0.1) is 0 Å². The molecule has 0 saturated heterocycles. The molecular weight excluding hydrogens is 312 g/mol. The van der Waals surface area contributed by atoms with Gasteiger partial charge in [-0.2, -0.15) is 0 Å². The molecular formula is C20H38N4O. The van der Waals surface area contributed by atoms with Crippen LogP contribution in [0.25, 0.3) is 0 Å². The van der Waals surface area contributed by atoms with Gasteiger partial charge < -0.3 is 16.0 Å². The summed E-state index contributed by atoms with van der Waals surface area (Å²) in [5.41, 5.74) is 0. The van der Waals surface area contributed by atoms with Crippen LogP contribution >= 0.6 is 0 Å². The molecule has 0 aliphatic heterocycles. The molecule has 25 heavy (non-hydrogen) atoms. The van der Waals surface area contributed by atoms with Gasteiger partial charge in [0, 0.05) is 32.1 Å². The van der Waals surface area contributed by atoms with E-state index in [1.165, 1.54) is 51.4 Å². The van der Waals surface area contributed by atoms with Crippen molar-refractivity contribution < 1.29 is 4.79 Å². The SMILES string of the molecule is CN=C(NCCCNC(=O)C1CCC1)NC(C)CCC1CCCCC1. The lowest BCUT2D eigenvalue weighted by Gasteiger charge is -2.24. The minimum Gasteiger partial charge on any atom is -0.356 e. The smallest absolute Gasteiger partial charge is 0.223 e. The third-order valence-electron chi connectivity index (χ3n) is 5.76. The number of rotatable bonds is 9. The first-order valence-electron chi connectivity index (χ1n) is 10.4. The summed E-state index contributed by atoms with van der Waals surface area (Å²) in [7, 11) is 1.82. The molecule has 1 amide bonds. The molecule has 5 heteroatoms. The van der Waals surface area contributed by atoms with E-state index >= 15 is 0 Å². The number of aliphatic imine (C=N–C) groups is 1. The topological polar surface area (TPSA) is 65.5 Å². The summed E-state index contributed by atoms with van der Waals surface area (Å²) in [4.78, 5) is 16.1. The number of amides is 1. The van der Waals surface area contributed by atoms with E-state index in [-0.39, 0.29) is 11.8 Å². The summed E-state index contributed by atoms with van der Waals surface area (Å²) in [6.45, 7) is 3.82. The Morgan fingerprint density at radius 3 is 2.40 bits per heavy atom. The highest BCUT2D eigenvalue weighted by Gasteiger charge is 2.24. The van der Waals surface area contributed by atoms with Gasteiger partial charge in [0.25, 0.3) is 0 Å². The van der Waals surface area contributed by atoms with Crippen molar-refractivity contribution >= 4 is 11.9 Å². The third kappa shape index (κ3) is 7.66. The molecule has 2 fully saturated rings. The standard InChI is InChI=1S/C20H38N4O/c1-16(12-13-17-8-4-3-5-9-17)24-20(21-2)23-15-7-14-22-19(25)18-10-6-11-18/h16-18H,3-15H2,1-2H3,(H,22,25)(H2,21,23,24). The number of carbonyl (C=O) groups excluding carboxylic acids is 1. The fourth-order valence-electron chi connectivity index (χ4n) is 3.78. The first kappa shape index (κ1) is 20.1. The predicted octanol–water partition coefficient (Wildman–Crippen LogP) is 3.21. The van der Waals surface area contributed by atoms with Gasteiger partial charge in [-0.1, -0.05) is 38.5 Å². The molecule has 144 valence electrons. The molecule has 2 aliphatic carbocycles. The molecule has 0 heterocycles. The molecule has 0 bridgehead atoms. The average Bonchev–Trinajstić information content (AvgIpc) is 2.58. The van der Waals surface area contributed by atoms with Gasteiger partial charge in [-0.05, 0) is 44.9 Å². The van der Waals surface area contributed by atoms with E-state index in [9.17, 15) is 4.79 Å². The Hall–Kier alpha value is -1.26. The molecule has 1 unspecified atom stereocenters. The summed E-state index contributed by atoms with van der Waals surface area (Å²) in [6, 6.07) is 0.450. The summed E-state index contributed by atoms with van der Waals surface area (Å²) in [5, 5.41) is 9.89. The highest BCUT2D eigenvalue weighted by atomic mass is 16.1. The average molecular weight is 351 g/mol. The van der Waals surface area contributed by atoms with Crippen LogP contribution in [0.4, 0.5) is 0 Å². The summed E-state index contributed by atoms with van der Waals surface area (Å²) in [5.74, 6) is 2.34. The van der Waals surface area contributed by atoms with Crippen LogP contribution in [0.15, 0.2) is 4.99 Å². The molecule has 0 aromatic heterocycles. The zero-order valence-corrected chi connectivity index (χ0v) is 16.3. The molecule has 2 saturated carbocycles. The predicted molar refractivity (Wildman–Crippen MR) is 105 cm³/mol. The molecule has 0 aromatic carbocycles. The highest BCUT2D eigenvalue weighted by molar-refractivity contribution is 5.80. The van der Waals surface area contributed by atoms with Crippen LogP contribution in [0.3, 0.4) is 0 Å². The molecule has 1 atom stereocenters. The highest BCUT2D eigenvalue weighted by Crippen LogP contribution is 2.27. The maximum absolute atomic E-state index is 11.8. The fourth-order valence-corrected chi connectivity index (χ4v) is 3.78. The van der Waals surface area contributed by atoms with E-state index in [2.05, 4.69) is 27.9 Å². The molecule has 0 aromatic rings. The van der Waals surface area contributed by atoms with E-state index in [1.807, 2.05) is 7.05 Å². The van der Waals surface area contributed by atoms with Gasteiger partial charge in [-0.3, -0.25) is 9.79 Å². The quantitative estimate of drug-likeness (QED) is 0.340. The van der Waals surface area contributed by atoms with Crippen LogP contribution in [0.2, 0.25) is 0 Å². The summed E-state index contributed by atoms with van der Waals surface area (Å²) >= 11 is 0. The minimum atomic E-state index is 0.241. The van der Waals surface area contributed by atoms with Crippen LogP contribution in [0.1, 0.15) is 77.6 Å². The number of hydrogen-bond acceptors (Lipinski definition) is 2. The Kier molecular flexibility index (Phi) is 9.12. The molecule has 2 rings (SSSR count). The number of hydrogen-bond donors (Lipinski definition) is 3. The molecule has 3 N–H and O–H groups in total. The van der Waals surface area contributed by atoms with Crippen LogP contribution in [-0.2, 0) is 4.79 Å². The first-order chi connectivity index (χ1) is 12.2. The maximum atomic E-state index is 11.8. The van der Waals surface area contributed by atoms with Crippen molar-refractivity contribution in [1.82, 2.24) is 16.0 Å². The molecule has 2 aliphatic rings. The Morgan fingerprint density at radius 1 is 1.04 bits per heavy atom. The summed E-state index contributed by atoms with van der Waals surface area (Å²) in [6.07, 6.45) is 13.9. The normalized spacial score (nSPS) is 20.6. The minimum absolute atomic E-state index is 0.241. The van der Waals surface area contributed by atoms with Gasteiger partial charge in [0.15, 0.2) is 5.96 Å². The second-order valence-electron chi connectivity index (χ2n) is 7.90. The Morgan fingerprint density at radius 2 is 1.76 bits per heavy atom. The summed E-state index contributed by atoms with van der Waals surface area (Å²) < 4.78 is 0. The molecule has 0 radical (unpaired) electrons. The zero-order chi connectivity index (χ0) is 17.9. The number of guanidine groups is 1. The second kappa shape index (κ2) is 11.4. The number of nitrogens with zero attached hydrogens (tertiary/aromatic N) is 1. The van der Waals surface area contributed by atoms with Gasteiger partial charge in [0.1, 0.15) is 0 Å². The van der Waals surface area contributed by atoms with Gasteiger partial charge >= 0.3 is 0 Å². The third-order valence-corrected chi connectivity index (χ3v) is 5.76. The lowest BCUT2D eigenvalue weighted by atomic mass is 9.85. The maximum Gasteiger partial charge on any atom is 0.223 e. The van der Waals surface area contributed by atoms with Crippen molar-refractivity contribution in [3.63, 3.8) is 0 Å². The zero-order valence-electron chi connectivity index (χ0n) is 16.3. The van der Waals surface area contributed by atoms with Crippen molar-refractivity contribution in [1.29, 1.82) is 0 Å². The van der Waals surface area contributed by atoms with Crippen LogP contribution in [0, 0.1) is 11.8 Å². The van der Waals surface area contributed by atoms with Crippen molar-refractivity contribution in [2.45, 2.75) is 83.6 Å². The van der Waals surface area contributed by atoms with E-state index in [1.54, 1.807) is 0 Å². The van der Waals surface area contributed by atoms with E-state index in [0.29, 0.717) is 6.04 Å². The van der Waals surface area contributed by atoms with Gasteiger partial charge in [-0.25, -0.2) is 0 Å². The van der Waals surface area contributed by atoms with E-state index in [4.69, 9.17) is 0 Å². The molecule has 0 spiro atoms. The van der Waals surface area contributed by atoms with E-state index < -0.39 is 0 Å². The lowest BCUT2D eigenvalue weighted by Crippen LogP contribution is -2.43.